The summed E-state index contributed by atoms with van der Waals surface area (Å²) in [6.45, 7) is 13.6. The second-order valence-electron chi connectivity index (χ2n) is 11.5. The van der Waals surface area contributed by atoms with E-state index in [9.17, 15) is 0 Å². The van der Waals surface area contributed by atoms with Gasteiger partial charge in [-0.05, 0) is 90.5 Å². The molecule has 5 aromatic rings. The van der Waals surface area contributed by atoms with Crippen LogP contribution in [0.15, 0.2) is 66.9 Å². The van der Waals surface area contributed by atoms with E-state index >= 15 is 0 Å². The van der Waals surface area contributed by atoms with Gasteiger partial charge in [-0.3, -0.25) is 4.98 Å². The Hall–Kier alpha value is -2.66. The molecule has 0 aliphatic heterocycles. The molecule has 0 unspecified atom stereocenters. The Morgan fingerprint density at radius 3 is 1.97 bits per heavy atom. The molecule has 2 nitrogen and oxygen atoms in total. The van der Waals surface area contributed by atoms with Gasteiger partial charge in [0.2, 0.25) is 0 Å². The molecule has 1 heterocycles. The zero-order valence-corrected chi connectivity index (χ0v) is 23.7. The van der Waals surface area contributed by atoms with E-state index < -0.39 is 0 Å². The lowest BCUT2D eigenvalue weighted by Gasteiger charge is -2.23. The average Bonchev–Trinajstić information content (AvgIpc) is 2.82. The quantitative estimate of drug-likeness (QED) is 0.155. The number of fused-ring (bicyclic) bond motifs is 5. The van der Waals surface area contributed by atoms with Crippen molar-refractivity contribution in [1.29, 1.82) is 0 Å². The number of pyridine rings is 1. The monoisotopic (exact) mass is 573 g/mol. The lowest BCUT2D eigenvalue weighted by molar-refractivity contribution is 0.415. The summed E-state index contributed by atoms with van der Waals surface area (Å²) < 4.78 is 6.67. The van der Waals surface area contributed by atoms with Crippen LogP contribution in [-0.4, -0.2) is 12.1 Å². The van der Waals surface area contributed by atoms with Crippen molar-refractivity contribution in [2.45, 2.75) is 52.4 Å². The molecule has 0 aliphatic rings. The normalized spacial score (nSPS) is 12.6. The van der Waals surface area contributed by atoms with Crippen molar-refractivity contribution in [2.24, 2.45) is 0 Å². The van der Waals surface area contributed by atoms with Crippen molar-refractivity contribution < 1.29 is 4.74 Å². The second-order valence-corrected chi connectivity index (χ2v) is 12.5. The lowest BCUT2D eigenvalue weighted by Crippen LogP contribution is -2.11. The smallest absolute Gasteiger partial charge is 0.119 e. The molecule has 4 aromatic carbocycles. The molecule has 0 saturated carbocycles. The molecule has 0 atom stereocenters. The summed E-state index contributed by atoms with van der Waals surface area (Å²) in [6.07, 6.45) is 1.98. The minimum atomic E-state index is 0.0618. The molecule has 0 radical (unpaired) electrons. The number of nitrogens with zero attached hydrogens (tertiary/aromatic N) is 1. The predicted molar refractivity (Wildman–Crippen MR) is 159 cm³/mol. The van der Waals surface area contributed by atoms with Crippen LogP contribution in [0.5, 0.6) is 5.75 Å². The van der Waals surface area contributed by atoms with Gasteiger partial charge >= 0.3 is 0 Å². The molecule has 0 bridgehead atoms. The molecule has 35 heavy (non-hydrogen) atoms. The molecule has 5 rings (SSSR count). The Morgan fingerprint density at radius 1 is 0.714 bits per heavy atom. The van der Waals surface area contributed by atoms with Crippen LogP contribution in [-0.2, 0) is 10.8 Å². The highest BCUT2D eigenvalue weighted by Gasteiger charge is 2.21. The Labute approximate surface area is 221 Å². The van der Waals surface area contributed by atoms with Crippen molar-refractivity contribution >= 4 is 55.0 Å². The van der Waals surface area contributed by atoms with E-state index in [0.29, 0.717) is 0 Å². The summed E-state index contributed by atoms with van der Waals surface area (Å²) >= 11 is 2.51. The maximum atomic E-state index is 5.48. The second kappa shape index (κ2) is 8.48. The van der Waals surface area contributed by atoms with E-state index in [0.717, 1.165) is 16.7 Å². The van der Waals surface area contributed by atoms with Gasteiger partial charge in [-0.25, -0.2) is 0 Å². The lowest BCUT2D eigenvalue weighted by atomic mass is 9.83. The van der Waals surface area contributed by atoms with Crippen molar-refractivity contribution in [3.8, 4) is 16.9 Å². The number of benzene rings is 4. The minimum Gasteiger partial charge on any atom is -0.497 e. The molecular weight excluding hydrogens is 541 g/mol. The summed E-state index contributed by atoms with van der Waals surface area (Å²) in [7, 11) is 1.71. The first kappa shape index (κ1) is 24.1. The summed E-state index contributed by atoms with van der Waals surface area (Å²) in [5, 5.41) is 6.03. The third-order valence-corrected chi connectivity index (χ3v) is 8.04. The molecule has 0 spiro atoms. The van der Waals surface area contributed by atoms with Crippen LogP contribution in [0.4, 0.5) is 0 Å². The first-order valence-corrected chi connectivity index (χ1v) is 13.2. The molecule has 0 aliphatic carbocycles. The zero-order valence-electron chi connectivity index (χ0n) is 21.6. The fourth-order valence-corrected chi connectivity index (χ4v) is 5.87. The summed E-state index contributed by atoms with van der Waals surface area (Å²) in [4.78, 5) is 4.99. The average molecular weight is 574 g/mol. The van der Waals surface area contributed by atoms with Crippen molar-refractivity contribution in [3.63, 3.8) is 0 Å². The summed E-state index contributed by atoms with van der Waals surface area (Å²) in [5.41, 5.74) is 6.41. The molecule has 178 valence electrons. The number of halogens is 1. The van der Waals surface area contributed by atoms with Crippen LogP contribution >= 0.6 is 22.6 Å². The van der Waals surface area contributed by atoms with E-state index in [4.69, 9.17) is 9.72 Å². The van der Waals surface area contributed by atoms with Gasteiger partial charge in [0.1, 0.15) is 5.75 Å². The highest BCUT2D eigenvalue weighted by molar-refractivity contribution is 14.1. The summed E-state index contributed by atoms with van der Waals surface area (Å²) in [6, 6.07) is 22.4. The van der Waals surface area contributed by atoms with Crippen LogP contribution in [0.2, 0.25) is 0 Å². The number of ether oxygens (including phenoxy) is 1. The van der Waals surface area contributed by atoms with Gasteiger partial charge in [0, 0.05) is 26.1 Å². The third-order valence-electron chi connectivity index (χ3n) is 6.99. The van der Waals surface area contributed by atoms with E-state index in [1.165, 1.54) is 47.4 Å². The predicted octanol–water partition coefficient (Wildman–Crippen LogP) is 9.42. The fourth-order valence-electron chi connectivity index (χ4n) is 4.86. The van der Waals surface area contributed by atoms with Gasteiger partial charge in [-0.15, -0.1) is 0 Å². The first-order chi connectivity index (χ1) is 16.5. The highest BCUT2D eigenvalue weighted by atomic mass is 127. The van der Waals surface area contributed by atoms with Crippen molar-refractivity contribution in [1.82, 2.24) is 4.98 Å². The van der Waals surface area contributed by atoms with Gasteiger partial charge < -0.3 is 4.74 Å². The van der Waals surface area contributed by atoms with Crippen molar-refractivity contribution in [3.05, 3.63) is 81.6 Å². The Balaban J connectivity index is 1.91. The molecule has 3 heteroatoms. The van der Waals surface area contributed by atoms with Gasteiger partial charge in [0.15, 0.2) is 0 Å². The Morgan fingerprint density at radius 2 is 1.34 bits per heavy atom. The number of methoxy groups -OCH3 is 1. The number of hydrogen-bond donors (Lipinski definition) is 0. The molecule has 0 saturated heterocycles. The standard InChI is InChI=1S/C32H32INO/c1-31(2,3)21-10-8-19(9-11-21)27-26-17-22(32(4,5)6)12-14-25(26)28-24-15-13-23(35-7)16-20(24)18-34-30(28)29(27)33/h8-18H,1-7H3. The van der Waals surface area contributed by atoms with Crippen LogP contribution in [0.3, 0.4) is 0 Å². The van der Waals surface area contributed by atoms with E-state index in [-0.39, 0.29) is 10.8 Å². The molecular formula is C32H32INO. The molecule has 0 N–H and O–H groups in total. The SMILES string of the molecule is COc1ccc2c(cnc3c(I)c(-c4ccc(C(C)(C)C)cc4)c4cc(C(C)(C)C)ccc4c32)c1. The highest BCUT2D eigenvalue weighted by Crippen LogP contribution is 2.43. The van der Waals surface area contributed by atoms with Crippen molar-refractivity contribution in [2.75, 3.05) is 7.11 Å². The number of rotatable bonds is 2. The Bertz CT molecular complexity index is 1590. The first-order valence-electron chi connectivity index (χ1n) is 12.1. The van der Waals surface area contributed by atoms with E-state index in [1.54, 1.807) is 7.11 Å². The number of aromatic nitrogens is 1. The largest absolute Gasteiger partial charge is 0.497 e. The van der Waals surface area contributed by atoms with Crippen LogP contribution in [0.1, 0.15) is 52.7 Å². The van der Waals surface area contributed by atoms with Gasteiger partial charge in [-0.2, -0.15) is 0 Å². The molecule has 0 amide bonds. The van der Waals surface area contributed by atoms with Gasteiger partial charge in [0.25, 0.3) is 0 Å². The molecule has 1 aromatic heterocycles. The van der Waals surface area contributed by atoms with E-state index in [1.807, 2.05) is 12.3 Å². The fraction of sp³-hybridized carbons (Fsp3) is 0.281. The number of hydrogen-bond acceptors (Lipinski definition) is 2. The topological polar surface area (TPSA) is 22.1 Å². The van der Waals surface area contributed by atoms with Gasteiger partial charge in [0.05, 0.1) is 12.6 Å². The Kier molecular flexibility index (Phi) is 5.83. The maximum Gasteiger partial charge on any atom is 0.119 e. The maximum absolute atomic E-state index is 5.48. The third kappa shape index (κ3) is 4.18. The summed E-state index contributed by atoms with van der Waals surface area (Å²) in [5.74, 6) is 0.850. The zero-order chi connectivity index (χ0) is 25.1. The van der Waals surface area contributed by atoms with Gasteiger partial charge in [-0.1, -0.05) is 77.9 Å². The van der Waals surface area contributed by atoms with Crippen LogP contribution in [0.25, 0.3) is 43.6 Å². The van der Waals surface area contributed by atoms with E-state index in [2.05, 4.69) is 119 Å². The van der Waals surface area contributed by atoms with Crippen LogP contribution < -0.4 is 4.74 Å². The van der Waals surface area contributed by atoms with Crippen LogP contribution in [0, 0.1) is 3.57 Å². The minimum absolute atomic E-state index is 0.0618. The molecule has 0 fully saturated rings.